The zero-order valence-corrected chi connectivity index (χ0v) is 17.1. The van der Waals surface area contributed by atoms with E-state index in [2.05, 4.69) is 21.1 Å². The van der Waals surface area contributed by atoms with Crippen LogP contribution in [0.2, 0.25) is 0 Å². The number of benzene rings is 1. The maximum atomic E-state index is 13.3. The number of nitro benzene ring substituents is 1. The van der Waals surface area contributed by atoms with Crippen molar-refractivity contribution >= 4 is 28.6 Å². The number of halogens is 5. The van der Waals surface area contributed by atoms with Crippen LogP contribution >= 0.6 is 0 Å². The molecule has 0 aliphatic rings. The van der Waals surface area contributed by atoms with Crippen molar-refractivity contribution < 1.29 is 26.9 Å². The lowest BCUT2D eigenvalue weighted by Gasteiger charge is -2.19. The molecule has 0 bridgehead atoms. The van der Waals surface area contributed by atoms with Crippen molar-refractivity contribution in [3.63, 3.8) is 0 Å². The van der Waals surface area contributed by atoms with Crippen LogP contribution < -0.4 is 0 Å². The summed E-state index contributed by atoms with van der Waals surface area (Å²) in [7, 11) is 0. The highest BCUT2D eigenvalue weighted by atomic mass is 19.4. The Morgan fingerprint density at radius 1 is 1.21 bits per heavy atom. The molecule has 0 unspecified atom stereocenters. The van der Waals surface area contributed by atoms with Crippen LogP contribution in [0, 0.1) is 21.4 Å². The van der Waals surface area contributed by atoms with E-state index in [1.54, 1.807) is 19.9 Å². The molecule has 33 heavy (non-hydrogen) atoms. The maximum Gasteiger partial charge on any atom is 0.455 e. The molecule has 0 spiro atoms. The van der Waals surface area contributed by atoms with E-state index >= 15 is 0 Å². The molecular weight excluding hydrogens is 451 g/mol. The number of rotatable bonds is 6. The van der Waals surface area contributed by atoms with Gasteiger partial charge in [-0.3, -0.25) is 14.8 Å². The van der Waals surface area contributed by atoms with E-state index in [0.29, 0.717) is 10.2 Å². The predicted octanol–water partition coefficient (Wildman–Crippen LogP) is 5.09. The summed E-state index contributed by atoms with van der Waals surface area (Å²) in [6.45, 7) is 1.52. The quantitative estimate of drug-likeness (QED) is 0.218. The van der Waals surface area contributed by atoms with E-state index in [1.807, 2.05) is 0 Å². The first-order chi connectivity index (χ1) is 15.2. The van der Waals surface area contributed by atoms with E-state index in [1.165, 1.54) is 18.2 Å². The molecule has 0 N–H and O–H groups in total. The van der Waals surface area contributed by atoms with Gasteiger partial charge in [0.1, 0.15) is 6.54 Å². The first-order valence-electron chi connectivity index (χ1n) is 9.25. The first-order valence-corrected chi connectivity index (χ1v) is 9.25. The summed E-state index contributed by atoms with van der Waals surface area (Å²) >= 11 is 0. The van der Waals surface area contributed by atoms with Gasteiger partial charge >= 0.3 is 12.1 Å². The molecule has 172 valence electrons. The van der Waals surface area contributed by atoms with Gasteiger partial charge in [0.25, 0.3) is 5.69 Å². The molecule has 3 aromatic rings. The highest BCUT2D eigenvalue weighted by Crippen LogP contribution is 2.37. The molecule has 2 heterocycles. The van der Waals surface area contributed by atoms with Gasteiger partial charge in [0.2, 0.25) is 0 Å². The van der Waals surface area contributed by atoms with Crippen LogP contribution in [0.1, 0.15) is 25.0 Å². The van der Waals surface area contributed by atoms with Crippen LogP contribution in [0.3, 0.4) is 0 Å². The molecule has 2 aromatic heterocycles. The smallest absolute Gasteiger partial charge is 0.258 e. The SMILES string of the molecule is CC(C)(C#N)c1ccc(C=Nc2cc3cnn(CC(F)(F)C(F)(F)F)c3cn2)c([N+](=O)[O-])c1. The van der Waals surface area contributed by atoms with Crippen molar-refractivity contribution in [2.45, 2.75) is 37.9 Å². The van der Waals surface area contributed by atoms with E-state index < -0.39 is 29.0 Å². The number of nitriles is 1. The average Bonchev–Trinajstić information content (AvgIpc) is 3.12. The van der Waals surface area contributed by atoms with Crippen LogP contribution in [0.15, 0.2) is 41.7 Å². The summed E-state index contributed by atoms with van der Waals surface area (Å²) < 4.78 is 64.5. The number of nitrogens with zero attached hydrogens (tertiary/aromatic N) is 6. The van der Waals surface area contributed by atoms with Crippen LogP contribution in [-0.2, 0) is 12.0 Å². The van der Waals surface area contributed by atoms with Gasteiger partial charge in [0, 0.05) is 17.7 Å². The molecule has 0 radical (unpaired) electrons. The zero-order valence-electron chi connectivity index (χ0n) is 17.1. The number of hydrogen-bond donors (Lipinski definition) is 0. The molecule has 0 atom stereocenters. The van der Waals surface area contributed by atoms with Gasteiger partial charge in [-0.25, -0.2) is 9.98 Å². The van der Waals surface area contributed by atoms with E-state index in [9.17, 15) is 37.3 Å². The first kappa shape index (κ1) is 23.7. The highest BCUT2D eigenvalue weighted by molar-refractivity contribution is 5.88. The van der Waals surface area contributed by atoms with Gasteiger partial charge in [-0.1, -0.05) is 6.07 Å². The number of fused-ring (bicyclic) bond motifs is 1. The summed E-state index contributed by atoms with van der Waals surface area (Å²) in [6, 6.07) is 7.60. The van der Waals surface area contributed by atoms with E-state index in [4.69, 9.17) is 0 Å². The molecule has 8 nitrogen and oxygen atoms in total. The third-order valence-electron chi connectivity index (χ3n) is 4.84. The maximum absolute atomic E-state index is 13.3. The summed E-state index contributed by atoms with van der Waals surface area (Å²) in [5.41, 5.74) is -0.734. The number of aliphatic imine (C=N–C) groups is 1. The molecule has 3 rings (SSSR count). The Kier molecular flexibility index (Phi) is 5.89. The number of alkyl halides is 5. The van der Waals surface area contributed by atoms with Crippen molar-refractivity contribution in [3.8, 4) is 6.07 Å². The summed E-state index contributed by atoms with van der Waals surface area (Å²) in [5, 5.41) is 24.5. The molecule has 0 amide bonds. The van der Waals surface area contributed by atoms with Gasteiger partial charge in [0.05, 0.1) is 39.9 Å². The second kappa shape index (κ2) is 8.19. The summed E-state index contributed by atoms with van der Waals surface area (Å²) in [6.07, 6.45) is -2.44. The lowest BCUT2D eigenvalue weighted by atomic mass is 9.85. The lowest BCUT2D eigenvalue weighted by Crippen LogP contribution is -2.40. The molecule has 1 aromatic carbocycles. The molecule has 0 aliphatic carbocycles. The Balaban J connectivity index is 1.91. The van der Waals surface area contributed by atoms with Gasteiger partial charge in [0.15, 0.2) is 5.82 Å². The van der Waals surface area contributed by atoms with E-state index in [-0.39, 0.29) is 28.0 Å². The Hall–Kier alpha value is -3.95. The van der Waals surface area contributed by atoms with Crippen LogP contribution in [-0.4, -0.2) is 38.0 Å². The number of nitro groups is 1. The Bertz CT molecular complexity index is 1290. The third kappa shape index (κ3) is 4.79. The summed E-state index contributed by atoms with van der Waals surface area (Å²) in [4.78, 5) is 18.8. The predicted molar refractivity (Wildman–Crippen MR) is 108 cm³/mol. The van der Waals surface area contributed by atoms with E-state index in [0.717, 1.165) is 18.6 Å². The molecular formula is C20H15F5N6O2. The standard InChI is InChI=1S/C20H15F5N6O2/c1-18(2,10-26)14-4-3-12(15(6-14)31(32)33)7-27-17-5-13-8-29-30(16(13)9-28-17)11-19(21,22)20(23,24)25/h3-9H,11H2,1-2H3. The highest BCUT2D eigenvalue weighted by Gasteiger charge is 2.57. The van der Waals surface area contributed by atoms with Gasteiger partial charge in [-0.2, -0.15) is 32.3 Å². The fourth-order valence-corrected chi connectivity index (χ4v) is 2.84. The topological polar surface area (TPSA) is 110 Å². The fraction of sp³-hybridized carbons (Fsp3) is 0.300. The molecule has 0 fully saturated rings. The summed E-state index contributed by atoms with van der Waals surface area (Å²) in [5.74, 6) is -4.95. The molecule has 0 saturated carbocycles. The number of aromatic nitrogens is 3. The Morgan fingerprint density at radius 2 is 1.91 bits per heavy atom. The molecule has 13 heteroatoms. The molecule has 0 saturated heterocycles. The van der Waals surface area contributed by atoms with Crippen LogP contribution in [0.4, 0.5) is 33.5 Å². The second-order valence-electron chi connectivity index (χ2n) is 7.63. The van der Waals surface area contributed by atoms with Crippen LogP contribution in [0.5, 0.6) is 0 Å². The Morgan fingerprint density at radius 3 is 2.52 bits per heavy atom. The monoisotopic (exact) mass is 466 g/mol. The average molecular weight is 466 g/mol. The van der Waals surface area contributed by atoms with Gasteiger partial charge < -0.3 is 0 Å². The van der Waals surface area contributed by atoms with Crippen molar-refractivity contribution in [1.82, 2.24) is 14.8 Å². The number of pyridine rings is 1. The van der Waals surface area contributed by atoms with Crippen molar-refractivity contribution in [2.75, 3.05) is 0 Å². The normalized spacial score (nSPS) is 12.9. The zero-order chi connectivity index (χ0) is 24.6. The minimum Gasteiger partial charge on any atom is -0.258 e. The lowest BCUT2D eigenvalue weighted by molar-refractivity contribution is -0.385. The third-order valence-corrected chi connectivity index (χ3v) is 4.84. The minimum absolute atomic E-state index is 0.0281. The fourth-order valence-electron chi connectivity index (χ4n) is 2.84. The van der Waals surface area contributed by atoms with Crippen molar-refractivity contribution in [2.24, 2.45) is 4.99 Å². The van der Waals surface area contributed by atoms with Gasteiger partial charge in [-0.05, 0) is 31.5 Å². The molecule has 0 aliphatic heterocycles. The van der Waals surface area contributed by atoms with Crippen molar-refractivity contribution in [1.29, 1.82) is 5.26 Å². The number of hydrogen-bond acceptors (Lipinski definition) is 6. The van der Waals surface area contributed by atoms with Crippen LogP contribution in [0.25, 0.3) is 10.9 Å². The second-order valence-corrected chi connectivity index (χ2v) is 7.63. The minimum atomic E-state index is -5.73. The largest absolute Gasteiger partial charge is 0.455 e. The van der Waals surface area contributed by atoms with Crippen molar-refractivity contribution in [3.05, 3.63) is 57.9 Å². The Labute approximate surface area is 183 Å². The van der Waals surface area contributed by atoms with Gasteiger partial charge in [-0.15, -0.1) is 0 Å².